The minimum atomic E-state index is -0.0135. The molecule has 5 nitrogen and oxygen atoms in total. The van der Waals surface area contributed by atoms with Crippen LogP contribution in [0.15, 0.2) is 15.4 Å². The third kappa shape index (κ3) is 4.49. The molecule has 1 fully saturated rings. The highest BCUT2D eigenvalue weighted by Gasteiger charge is 2.22. The smallest absolute Gasteiger partial charge is 0.225 e. The number of rotatable bonds is 4. The van der Waals surface area contributed by atoms with Crippen molar-refractivity contribution in [3.63, 3.8) is 0 Å². The Kier molecular flexibility index (Phi) is 5.92. The minimum absolute atomic E-state index is 0.0135. The topological polar surface area (TPSA) is 66.9 Å². The molecule has 2 unspecified atom stereocenters. The predicted molar refractivity (Wildman–Crippen MR) is 85.4 cm³/mol. The van der Waals surface area contributed by atoms with Gasteiger partial charge in [0.05, 0.1) is 6.20 Å². The van der Waals surface area contributed by atoms with Gasteiger partial charge in [-0.15, -0.1) is 0 Å². The Bertz CT molecular complexity index is 477. The molecule has 0 radical (unpaired) electrons. The highest BCUT2D eigenvalue weighted by Crippen LogP contribution is 2.24. The van der Waals surface area contributed by atoms with E-state index in [-0.39, 0.29) is 5.91 Å². The van der Waals surface area contributed by atoms with Gasteiger partial charge in [-0.1, -0.05) is 6.92 Å². The van der Waals surface area contributed by atoms with E-state index in [0.717, 1.165) is 13.1 Å². The summed E-state index contributed by atoms with van der Waals surface area (Å²) in [7, 11) is 0. The Morgan fingerprint density at radius 3 is 3.05 bits per heavy atom. The van der Waals surface area contributed by atoms with E-state index in [1.165, 1.54) is 12.8 Å². The van der Waals surface area contributed by atoms with Crippen molar-refractivity contribution in [3.8, 4) is 0 Å². The molecule has 20 heavy (non-hydrogen) atoms. The second-order valence-corrected chi connectivity index (χ2v) is 6.73. The first-order chi connectivity index (χ1) is 9.56. The summed E-state index contributed by atoms with van der Waals surface area (Å²) < 4.78 is 1.16. The molecule has 1 aromatic rings. The van der Waals surface area contributed by atoms with E-state index in [2.05, 4.69) is 59.4 Å². The largest absolute Gasteiger partial charge is 0.316 e. The number of nitrogens with zero attached hydrogens (tertiary/aromatic N) is 2. The van der Waals surface area contributed by atoms with Crippen molar-refractivity contribution in [1.29, 1.82) is 0 Å². The quantitative estimate of drug-likeness (QED) is 0.807. The lowest BCUT2D eigenvalue weighted by Gasteiger charge is -2.27. The Morgan fingerprint density at radius 2 is 2.40 bits per heavy atom. The molecule has 0 saturated carbocycles. The number of carbonyl (C=O) groups excluding carboxylic acids is 1. The van der Waals surface area contributed by atoms with Crippen molar-refractivity contribution >= 4 is 43.6 Å². The molecule has 2 atom stereocenters. The van der Waals surface area contributed by atoms with E-state index in [1.807, 2.05) is 0 Å². The first-order valence-corrected chi connectivity index (χ1v) is 8.33. The first kappa shape index (κ1) is 15.9. The summed E-state index contributed by atoms with van der Waals surface area (Å²) in [6.07, 6.45) is 4.47. The standard InChI is InChI=1S/C13H18Br2N4O/c1-8(9-3-2-4-16-6-9)5-11(20)19-13-12(15)18-10(14)7-17-13/h7-9,16H,2-6H2,1H3,(H,17,19,20). The van der Waals surface area contributed by atoms with Gasteiger partial charge >= 0.3 is 0 Å². The van der Waals surface area contributed by atoms with Crippen LogP contribution < -0.4 is 10.6 Å². The number of aromatic nitrogens is 2. The average molecular weight is 406 g/mol. The zero-order chi connectivity index (χ0) is 14.5. The van der Waals surface area contributed by atoms with Crippen LogP contribution in [-0.2, 0) is 4.79 Å². The Balaban J connectivity index is 1.88. The maximum absolute atomic E-state index is 12.1. The minimum Gasteiger partial charge on any atom is -0.316 e. The van der Waals surface area contributed by atoms with Crippen LogP contribution >= 0.6 is 31.9 Å². The summed E-state index contributed by atoms with van der Waals surface area (Å²) >= 11 is 6.52. The number of amides is 1. The average Bonchev–Trinajstić information content (AvgIpc) is 2.43. The van der Waals surface area contributed by atoms with Crippen LogP contribution in [0, 0.1) is 11.8 Å². The molecule has 1 aromatic heterocycles. The molecule has 1 amide bonds. The van der Waals surface area contributed by atoms with Crippen molar-refractivity contribution in [3.05, 3.63) is 15.4 Å². The zero-order valence-electron chi connectivity index (χ0n) is 11.3. The van der Waals surface area contributed by atoms with Gasteiger partial charge in [0, 0.05) is 6.42 Å². The molecule has 1 aliphatic rings. The van der Waals surface area contributed by atoms with Crippen molar-refractivity contribution in [2.45, 2.75) is 26.2 Å². The fraction of sp³-hybridized carbons (Fsp3) is 0.615. The molecular weight excluding hydrogens is 388 g/mol. The first-order valence-electron chi connectivity index (χ1n) is 6.75. The van der Waals surface area contributed by atoms with E-state index in [0.29, 0.717) is 33.3 Å². The molecule has 2 heterocycles. The molecule has 2 N–H and O–H groups in total. The lowest BCUT2D eigenvalue weighted by molar-refractivity contribution is -0.117. The predicted octanol–water partition coefficient (Wildman–Crippen LogP) is 2.97. The van der Waals surface area contributed by atoms with Gasteiger partial charge in [-0.3, -0.25) is 4.79 Å². The van der Waals surface area contributed by atoms with Crippen LogP contribution in [0.5, 0.6) is 0 Å². The summed E-state index contributed by atoms with van der Waals surface area (Å²) in [6.45, 7) is 4.24. The van der Waals surface area contributed by atoms with E-state index in [1.54, 1.807) is 6.20 Å². The van der Waals surface area contributed by atoms with Gasteiger partial charge in [0.1, 0.15) is 9.21 Å². The fourth-order valence-electron chi connectivity index (χ4n) is 2.44. The summed E-state index contributed by atoms with van der Waals surface area (Å²) in [5.41, 5.74) is 0. The SMILES string of the molecule is CC(CC(=O)Nc1ncc(Br)nc1Br)C1CCCNC1. The molecule has 0 aromatic carbocycles. The molecule has 0 spiro atoms. The number of piperidine rings is 1. The van der Waals surface area contributed by atoms with Crippen LogP contribution in [0.4, 0.5) is 5.82 Å². The van der Waals surface area contributed by atoms with Crippen molar-refractivity contribution in [1.82, 2.24) is 15.3 Å². The van der Waals surface area contributed by atoms with Gasteiger partial charge in [-0.05, 0) is 69.6 Å². The fourth-order valence-corrected chi connectivity index (χ4v) is 3.35. The van der Waals surface area contributed by atoms with Crippen molar-refractivity contribution < 1.29 is 4.79 Å². The van der Waals surface area contributed by atoms with E-state index in [9.17, 15) is 4.79 Å². The lowest BCUT2D eigenvalue weighted by Crippen LogP contribution is -2.34. The Labute approximate surface area is 135 Å². The number of anilines is 1. The highest BCUT2D eigenvalue weighted by molar-refractivity contribution is 9.11. The lowest BCUT2D eigenvalue weighted by atomic mass is 9.85. The second kappa shape index (κ2) is 7.47. The zero-order valence-corrected chi connectivity index (χ0v) is 14.5. The Hall–Kier alpha value is -0.530. The molecule has 0 aliphatic carbocycles. The molecule has 1 saturated heterocycles. The molecule has 0 bridgehead atoms. The summed E-state index contributed by atoms with van der Waals surface area (Å²) in [6, 6.07) is 0. The maximum atomic E-state index is 12.1. The number of halogens is 2. The van der Waals surface area contributed by atoms with Crippen LogP contribution in [0.2, 0.25) is 0 Å². The van der Waals surface area contributed by atoms with Crippen LogP contribution in [0.25, 0.3) is 0 Å². The normalized spacial score (nSPS) is 20.4. The van der Waals surface area contributed by atoms with Gasteiger partial charge in [0.25, 0.3) is 0 Å². The number of hydrogen-bond acceptors (Lipinski definition) is 4. The number of carbonyl (C=O) groups is 1. The molecule has 110 valence electrons. The summed E-state index contributed by atoms with van der Waals surface area (Å²) in [4.78, 5) is 20.3. The number of hydrogen-bond donors (Lipinski definition) is 2. The van der Waals surface area contributed by atoms with Gasteiger partial charge in [0.15, 0.2) is 5.82 Å². The summed E-state index contributed by atoms with van der Waals surface area (Å²) in [5.74, 6) is 1.39. The van der Waals surface area contributed by atoms with Crippen LogP contribution in [0.3, 0.4) is 0 Å². The molecule has 7 heteroatoms. The van der Waals surface area contributed by atoms with E-state index >= 15 is 0 Å². The van der Waals surface area contributed by atoms with E-state index < -0.39 is 0 Å². The summed E-state index contributed by atoms with van der Waals surface area (Å²) in [5, 5.41) is 6.19. The second-order valence-electron chi connectivity index (χ2n) is 5.17. The molecule has 2 rings (SSSR count). The number of nitrogens with one attached hydrogen (secondary N) is 2. The van der Waals surface area contributed by atoms with Crippen LogP contribution in [0.1, 0.15) is 26.2 Å². The third-order valence-electron chi connectivity index (χ3n) is 3.61. The van der Waals surface area contributed by atoms with Crippen molar-refractivity contribution in [2.24, 2.45) is 11.8 Å². The van der Waals surface area contributed by atoms with Crippen molar-refractivity contribution in [2.75, 3.05) is 18.4 Å². The van der Waals surface area contributed by atoms with Crippen LogP contribution in [-0.4, -0.2) is 29.0 Å². The van der Waals surface area contributed by atoms with Gasteiger partial charge in [-0.2, -0.15) is 0 Å². The van der Waals surface area contributed by atoms with Gasteiger partial charge in [-0.25, -0.2) is 9.97 Å². The maximum Gasteiger partial charge on any atom is 0.225 e. The Morgan fingerprint density at radius 1 is 1.60 bits per heavy atom. The van der Waals surface area contributed by atoms with Gasteiger partial charge < -0.3 is 10.6 Å². The van der Waals surface area contributed by atoms with Gasteiger partial charge in [0.2, 0.25) is 5.91 Å². The van der Waals surface area contributed by atoms with E-state index in [4.69, 9.17) is 0 Å². The molecule has 1 aliphatic heterocycles. The molecular formula is C13H18Br2N4O. The monoisotopic (exact) mass is 404 g/mol. The third-order valence-corrected chi connectivity index (χ3v) is 4.54. The highest BCUT2D eigenvalue weighted by atomic mass is 79.9.